The second-order valence-electron chi connectivity index (χ2n) is 4.71. The standard InChI is InChI=1S/C11H19NO2/c1-8-9(7-11(13)14)3-2-6-12(8)10-4-5-10/h8-10H,2-7H2,1H3,(H,13,14). The molecule has 1 aliphatic carbocycles. The Morgan fingerprint density at radius 2 is 2.14 bits per heavy atom. The van der Waals surface area contributed by atoms with Crippen molar-refractivity contribution in [1.82, 2.24) is 4.90 Å². The minimum Gasteiger partial charge on any atom is -0.481 e. The van der Waals surface area contributed by atoms with Gasteiger partial charge in [0.15, 0.2) is 0 Å². The van der Waals surface area contributed by atoms with Crippen LogP contribution in [0.4, 0.5) is 0 Å². The highest BCUT2D eigenvalue weighted by molar-refractivity contribution is 5.67. The smallest absolute Gasteiger partial charge is 0.303 e. The molecule has 2 atom stereocenters. The lowest BCUT2D eigenvalue weighted by Crippen LogP contribution is -2.45. The fourth-order valence-corrected chi connectivity index (χ4v) is 2.67. The molecule has 0 amide bonds. The number of likely N-dealkylation sites (tertiary alicyclic amines) is 1. The fourth-order valence-electron chi connectivity index (χ4n) is 2.67. The van der Waals surface area contributed by atoms with Crippen LogP contribution in [0, 0.1) is 5.92 Å². The molecule has 1 saturated carbocycles. The van der Waals surface area contributed by atoms with E-state index in [4.69, 9.17) is 5.11 Å². The van der Waals surface area contributed by atoms with Crippen molar-refractivity contribution in [3.63, 3.8) is 0 Å². The van der Waals surface area contributed by atoms with Crippen molar-refractivity contribution in [1.29, 1.82) is 0 Å². The van der Waals surface area contributed by atoms with Gasteiger partial charge in [0.1, 0.15) is 0 Å². The van der Waals surface area contributed by atoms with Crippen LogP contribution in [0.5, 0.6) is 0 Å². The Morgan fingerprint density at radius 3 is 2.71 bits per heavy atom. The number of carboxylic acid groups (broad SMARTS) is 1. The molecule has 1 aliphatic heterocycles. The summed E-state index contributed by atoms with van der Waals surface area (Å²) in [5.41, 5.74) is 0. The molecular weight excluding hydrogens is 178 g/mol. The van der Waals surface area contributed by atoms with E-state index in [9.17, 15) is 4.79 Å². The molecule has 3 nitrogen and oxygen atoms in total. The number of carboxylic acids is 1. The number of rotatable bonds is 3. The summed E-state index contributed by atoms with van der Waals surface area (Å²) in [7, 11) is 0. The fraction of sp³-hybridized carbons (Fsp3) is 0.909. The lowest BCUT2D eigenvalue weighted by Gasteiger charge is -2.39. The summed E-state index contributed by atoms with van der Waals surface area (Å²) in [5.74, 6) is -0.263. The number of piperidine rings is 1. The van der Waals surface area contributed by atoms with Crippen LogP contribution < -0.4 is 0 Å². The second kappa shape index (κ2) is 3.89. The molecular formula is C11H19NO2. The van der Waals surface area contributed by atoms with Crippen molar-refractivity contribution in [3.05, 3.63) is 0 Å². The monoisotopic (exact) mass is 197 g/mol. The van der Waals surface area contributed by atoms with E-state index in [1.807, 2.05) is 0 Å². The zero-order valence-electron chi connectivity index (χ0n) is 8.78. The van der Waals surface area contributed by atoms with Crippen LogP contribution in [0.2, 0.25) is 0 Å². The Labute approximate surface area is 85.1 Å². The van der Waals surface area contributed by atoms with Crippen molar-refractivity contribution >= 4 is 5.97 Å². The number of carbonyl (C=O) groups is 1. The zero-order chi connectivity index (χ0) is 10.1. The highest BCUT2D eigenvalue weighted by Crippen LogP contribution is 2.35. The van der Waals surface area contributed by atoms with Crippen LogP contribution in [-0.2, 0) is 4.79 Å². The Hall–Kier alpha value is -0.570. The summed E-state index contributed by atoms with van der Waals surface area (Å²) in [6.07, 6.45) is 5.27. The third-order valence-corrected chi connectivity index (χ3v) is 3.65. The molecule has 0 bridgehead atoms. The third kappa shape index (κ3) is 2.08. The van der Waals surface area contributed by atoms with E-state index in [0.29, 0.717) is 18.4 Å². The first-order valence-electron chi connectivity index (χ1n) is 5.66. The molecule has 14 heavy (non-hydrogen) atoms. The molecule has 3 heteroatoms. The molecule has 0 aromatic carbocycles. The van der Waals surface area contributed by atoms with E-state index in [0.717, 1.165) is 12.5 Å². The van der Waals surface area contributed by atoms with Crippen molar-refractivity contribution in [2.75, 3.05) is 6.54 Å². The minimum absolute atomic E-state index is 0.352. The minimum atomic E-state index is -0.639. The lowest BCUT2D eigenvalue weighted by atomic mass is 9.87. The van der Waals surface area contributed by atoms with Gasteiger partial charge in [-0.05, 0) is 45.1 Å². The van der Waals surface area contributed by atoms with Crippen LogP contribution >= 0.6 is 0 Å². The first kappa shape index (κ1) is 9.97. The van der Waals surface area contributed by atoms with Gasteiger partial charge in [0.2, 0.25) is 0 Å². The van der Waals surface area contributed by atoms with E-state index in [2.05, 4.69) is 11.8 Å². The highest BCUT2D eigenvalue weighted by Gasteiger charge is 2.37. The number of hydrogen-bond donors (Lipinski definition) is 1. The predicted molar refractivity (Wildman–Crippen MR) is 54.2 cm³/mol. The van der Waals surface area contributed by atoms with Gasteiger partial charge in [0.25, 0.3) is 0 Å². The SMILES string of the molecule is CC1C(CC(=O)O)CCCN1C1CC1. The number of nitrogens with zero attached hydrogens (tertiary/aromatic N) is 1. The van der Waals surface area contributed by atoms with Crippen LogP contribution in [0.25, 0.3) is 0 Å². The number of aliphatic carboxylic acids is 1. The second-order valence-corrected chi connectivity index (χ2v) is 4.71. The average Bonchev–Trinajstić information content (AvgIpc) is 2.91. The maximum absolute atomic E-state index is 10.7. The molecule has 2 fully saturated rings. The predicted octanol–water partition coefficient (Wildman–Crippen LogP) is 1.72. The average molecular weight is 197 g/mol. The first-order valence-corrected chi connectivity index (χ1v) is 5.66. The largest absolute Gasteiger partial charge is 0.481 e. The van der Waals surface area contributed by atoms with E-state index in [1.165, 1.54) is 25.8 Å². The van der Waals surface area contributed by atoms with E-state index in [-0.39, 0.29) is 0 Å². The summed E-state index contributed by atoms with van der Waals surface area (Å²) < 4.78 is 0. The van der Waals surface area contributed by atoms with Crippen molar-refractivity contribution < 1.29 is 9.90 Å². The van der Waals surface area contributed by atoms with E-state index < -0.39 is 5.97 Å². The maximum Gasteiger partial charge on any atom is 0.303 e. The molecule has 2 rings (SSSR count). The van der Waals surface area contributed by atoms with Gasteiger partial charge < -0.3 is 5.11 Å². The molecule has 2 aliphatic rings. The Kier molecular flexibility index (Phi) is 2.77. The first-order chi connectivity index (χ1) is 6.68. The summed E-state index contributed by atoms with van der Waals surface area (Å²) in [5, 5.41) is 8.81. The molecule has 0 radical (unpaired) electrons. The molecule has 1 heterocycles. The van der Waals surface area contributed by atoms with Gasteiger partial charge in [0.05, 0.1) is 0 Å². The van der Waals surface area contributed by atoms with Crippen LogP contribution in [0.3, 0.4) is 0 Å². The molecule has 80 valence electrons. The van der Waals surface area contributed by atoms with E-state index in [1.54, 1.807) is 0 Å². The van der Waals surface area contributed by atoms with Crippen molar-refractivity contribution in [2.24, 2.45) is 5.92 Å². The molecule has 0 aromatic rings. The number of hydrogen-bond acceptors (Lipinski definition) is 2. The molecule has 0 aromatic heterocycles. The molecule has 1 saturated heterocycles. The summed E-state index contributed by atoms with van der Waals surface area (Å²) >= 11 is 0. The maximum atomic E-state index is 10.7. The third-order valence-electron chi connectivity index (χ3n) is 3.65. The van der Waals surface area contributed by atoms with Gasteiger partial charge in [-0.15, -0.1) is 0 Å². The van der Waals surface area contributed by atoms with Crippen molar-refractivity contribution in [2.45, 2.75) is 51.1 Å². The zero-order valence-corrected chi connectivity index (χ0v) is 8.78. The summed E-state index contributed by atoms with van der Waals surface area (Å²) in [4.78, 5) is 13.2. The normalized spacial score (nSPS) is 34.4. The molecule has 2 unspecified atom stereocenters. The van der Waals surface area contributed by atoms with Gasteiger partial charge in [-0.1, -0.05) is 0 Å². The van der Waals surface area contributed by atoms with Crippen LogP contribution in [-0.4, -0.2) is 34.6 Å². The quantitative estimate of drug-likeness (QED) is 0.749. The Balaban J connectivity index is 1.93. The Bertz CT molecular complexity index is 225. The van der Waals surface area contributed by atoms with Crippen LogP contribution in [0.1, 0.15) is 39.0 Å². The lowest BCUT2D eigenvalue weighted by molar-refractivity contribution is -0.139. The van der Waals surface area contributed by atoms with Gasteiger partial charge in [0, 0.05) is 18.5 Å². The van der Waals surface area contributed by atoms with Gasteiger partial charge in [-0.2, -0.15) is 0 Å². The topological polar surface area (TPSA) is 40.5 Å². The van der Waals surface area contributed by atoms with Crippen LogP contribution in [0.15, 0.2) is 0 Å². The summed E-state index contributed by atoms with van der Waals surface area (Å²) in [6, 6.07) is 1.26. The van der Waals surface area contributed by atoms with Gasteiger partial charge in [-0.25, -0.2) is 0 Å². The van der Waals surface area contributed by atoms with Gasteiger partial charge >= 0.3 is 5.97 Å². The van der Waals surface area contributed by atoms with Gasteiger partial charge in [-0.3, -0.25) is 9.69 Å². The van der Waals surface area contributed by atoms with E-state index >= 15 is 0 Å². The Morgan fingerprint density at radius 1 is 1.43 bits per heavy atom. The molecule has 1 N–H and O–H groups in total. The summed E-state index contributed by atoms with van der Waals surface area (Å²) in [6.45, 7) is 3.38. The highest BCUT2D eigenvalue weighted by atomic mass is 16.4. The van der Waals surface area contributed by atoms with Crippen molar-refractivity contribution in [3.8, 4) is 0 Å². The molecule has 0 spiro atoms.